The minimum atomic E-state index is -3.42. The lowest BCUT2D eigenvalue weighted by atomic mass is 9.84. The Bertz CT molecular complexity index is 1140. The average Bonchev–Trinajstić information content (AvgIpc) is 3.30. The van der Waals surface area contributed by atoms with Gasteiger partial charge in [-0.3, -0.25) is 9.52 Å². The van der Waals surface area contributed by atoms with Crippen LogP contribution in [-0.2, 0) is 14.8 Å². The molecule has 1 fully saturated rings. The van der Waals surface area contributed by atoms with Crippen LogP contribution in [-0.4, -0.2) is 44.6 Å². The molecule has 2 aromatic carbocycles. The van der Waals surface area contributed by atoms with Gasteiger partial charge in [-0.1, -0.05) is 31.5 Å². The smallest absolute Gasteiger partial charge is 0.244 e. The number of hydrogen-bond acceptors (Lipinski definition) is 5. The number of amides is 1. The number of likely N-dealkylation sites (N-methyl/N-ethyl adjacent to an activating group) is 1. The molecule has 182 valence electrons. The first-order valence-electron chi connectivity index (χ1n) is 11.4. The van der Waals surface area contributed by atoms with Gasteiger partial charge in [-0.25, -0.2) is 8.42 Å². The van der Waals surface area contributed by atoms with E-state index in [1.807, 2.05) is 51.2 Å². The number of hydrogen-bond donors (Lipinski definition) is 2. The maximum atomic E-state index is 12.6. The summed E-state index contributed by atoms with van der Waals surface area (Å²) in [6.45, 7) is 8.36. The summed E-state index contributed by atoms with van der Waals surface area (Å²) in [5.74, 6) is 1.33. The van der Waals surface area contributed by atoms with Crippen LogP contribution in [0.5, 0.6) is 11.5 Å². The number of nitrogens with zero attached hydrogens (tertiary/aromatic N) is 1. The van der Waals surface area contributed by atoms with E-state index in [0.29, 0.717) is 17.2 Å². The van der Waals surface area contributed by atoms with Crippen LogP contribution in [0, 0.1) is 12.8 Å². The Morgan fingerprint density at radius 1 is 1.18 bits per heavy atom. The van der Waals surface area contributed by atoms with Gasteiger partial charge in [0.05, 0.1) is 11.8 Å². The number of rotatable bonds is 6. The molecule has 0 spiro atoms. The van der Waals surface area contributed by atoms with Crippen molar-refractivity contribution in [1.29, 1.82) is 0 Å². The van der Waals surface area contributed by atoms with E-state index in [0.717, 1.165) is 29.7 Å². The Hall–Kier alpha value is -2.84. The molecule has 2 N–H and O–H groups in total. The molecule has 8 heteroatoms. The summed E-state index contributed by atoms with van der Waals surface area (Å²) in [6, 6.07) is 12.7. The predicted octanol–water partition coefficient (Wildman–Crippen LogP) is 4.86. The molecule has 2 heterocycles. The Morgan fingerprint density at radius 2 is 1.88 bits per heavy atom. The molecule has 1 amide bonds. The Labute approximate surface area is 199 Å². The van der Waals surface area contributed by atoms with E-state index in [4.69, 9.17) is 4.74 Å². The fraction of sp³-hybridized carbons (Fsp3) is 0.400. The quantitative estimate of drug-likeness (QED) is 0.623. The second-order valence-electron chi connectivity index (χ2n) is 7.99. The van der Waals surface area contributed by atoms with Crippen LogP contribution >= 0.6 is 0 Å². The van der Waals surface area contributed by atoms with Crippen LogP contribution in [0.15, 0.2) is 48.7 Å². The molecule has 0 bridgehead atoms. The molecule has 2 aliphatic heterocycles. The molecular formula is C25H37N3O4S. The molecule has 2 aromatic rings. The van der Waals surface area contributed by atoms with Gasteiger partial charge in [-0.2, -0.15) is 0 Å². The van der Waals surface area contributed by atoms with Crippen molar-refractivity contribution in [2.45, 2.75) is 40.2 Å². The fourth-order valence-electron chi connectivity index (χ4n) is 4.05. The fourth-order valence-corrected chi connectivity index (χ4v) is 4.68. The van der Waals surface area contributed by atoms with E-state index in [-0.39, 0.29) is 26.5 Å². The maximum Gasteiger partial charge on any atom is 0.244 e. The highest BCUT2D eigenvalue weighted by Gasteiger charge is 2.41. The van der Waals surface area contributed by atoms with Crippen LogP contribution in [0.2, 0.25) is 0 Å². The van der Waals surface area contributed by atoms with E-state index < -0.39 is 10.0 Å². The molecule has 2 aliphatic rings. The molecule has 7 nitrogen and oxygen atoms in total. The van der Waals surface area contributed by atoms with Crippen LogP contribution in [0.25, 0.3) is 5.57 Å². The SMILES string of the molecule is CC.CCS(=O)(=O)Nc1ccc(Oc2ccc(C)cc2)c(C2=CN(C)C(=O)C3NCCC23)c1.[HH].[HH]. The topological polar surface area (TPSA) is 87.7 Å². The Morgan fingerprint density at radius 3 is 2.55 bits per heavy atom. The maximum absolute atomic E-state index is 12.6. The van der Waals surface area contributed by atoms with Crippen molar-refractivity contribution in [3.63, 3.8) is 0 Å². The normalized spacial score (nSPS) is 19.8. The first-order chi connectivity index (χ1) is 15.8. The van der Waals surface area contributed by atoms with Crippen LogP contribution in [0.4, 0.5) is 5.69 Å². The Kier molecular flexibility index (Phi) is 7.81. The number of fused-ring (bicyclic) bond motifs is 1. The van der Waals surface area contributed by atoms with Crippen LogP contribution < -0.4 is 14.8 Å². The number of ether oxygens (including phenoxy) is 1. The predicted molar refractivity (Wildman–Crippen MR) is 137 cm³/mol. The third kappa shape index (κ3) is 5.57. The summed E-state index contributed by atoms with van der Waals surface area (Å²) in [5.41, 5.74) is 3.33. The molecular weight excluding hydrogens is 438 g/mol. The number of sulfonamides is 1. The standard InChI is InChI=1S/C23H27N3O4S.C2H6.2H2/c1-4-31(28,29)25-16-7-10-21(30-17-8-5-15(2)6-9-17)19(13-16)20-14-26(3)23(27)22-18(20)11-12-24-22;1-2;;/h5-10,13-14,18,22,24-25H,4,11-12H2,1-3H3;1-2H3;2*1H. The van der Waals surface area contributed by atoms with Crippen molar-refractivity contribution in [2.75, 3.05) is 24.1 Å². The zero-order valence-electron chi connectivity index (χ0n) is 19.9. The van der Waals surface area contributed by atoms with Crippen molar-refractivity contribution in [1.82, 2.24) is 10.2 Å². The van der Waals surface area contributed by atoms with Gasteiger partial charge in [0.25, 0.3) is 0 Å². The second-order valence-corrected chi connectivity index (χ2v) is 10.0. The number of carbonyl (C=O) groups is 1. The van der Waals surface area contributed by atoms with Crippen LogP contribution in [0.1, 0.15) is 41.2 Å². The Balaban J connectivity index is 0.00000149. The second kappa shape index (κ2) is 10.4. The van der Waals surface area contributed by atoms with Gasteiger partial charge in [0.1, 0.15) is 11.5 Å². The third-order valence-electron chi connectivity index (χ3n) is 5.76. The van der Waals surface area contributed by atoms with Gasteiger partial charge in [0.2, 0.25) is 15.9 Å². The number of aryl methyl sites for hydroxylation is 1. The highest BCUT2D eigenvalue weighted by atomic mass is 32.2. The first-order valence-corrected chi connectivity index (χ1v) is 13.0. The summed E-state index contributed by atoms with van der Waals surface area (Å²) in [7, 11) is -1.68. The molecule has 1 saturated heterocycles. The van der Waals surface area contributed by atoms with Crippen molar-refractivity contribution >= 4 is 27.2 Å². The van der Waals surface area contributed by atoms with E-state index in [9.17, 15) is 13.2 Å². The summed E-state index contributed by atoms with van der Waals surface area (Å²) < 4.78 is 33.1. The van der Waals surface area contributed by atoms with Crippen LogP contribution in [0.3, 0.4) is 0 Å². The summed E-state index contributed by atoms with van der Waals surface area (Å²) >= 11 is 0. The zero-order chi connectivity index (χ0) is 24.2. The lowest BCUT2D eigenvalue weighted by molar-refractivity contribution is -0.130. The van der Waals surface area contributed by atoms with Gasteiger partial charge in [0.15, 0.2) is 0 Å². The van der Waals surface area contributed by atoms with Gasteiger partial charge in [0, 0.05) is 33.3 Å². The number of benzene rings is 2. The largest absolute Gasteiger partial charge is 0.457 e. The van der Waals surface area contributed by atoms with E-state index in [1.54, 1.807) is 37.1 Å². The summed E-state index contributed by atoms with van der Waals surface area (Å²) in [6.07, 6.45) is 2.66. The lowest BCUT2D eigenvalue weighted by Gasteiger charge is -2.32. The van der Waals surface area contributed by atoms with Gasteiger partial charge >= 0.3 is 0 Å². The van der Waals surface area contributed by atoms with Crippen molar-refractivity contribution in [3.05, 3.63) is 59.8 Å². The van der Waals surface area contributed by atoms with Gasteiger partial charge in [-0.15, -0.1) is 0 Å². The van der Waals surface area contributed by atoms with Gasteiger partial charge < -0.3 is 15.0 Å². The van der Waals surface area contributed by atoms with Crippen molar-refractivity contribution in [3.8, 4) is 11.5 Å². The van der Waals surface area contributed by atoms with E-state index >= 15 is 0 Å². The molecule has 0 aromatic heterocycles. The minimum Gasteiger partial charge on any atom is -0.457 e. The summed E-state index contributed by atoms with van der Waals surface area (Å²) in [5, 5.41) is 3.29. The average molecular weight is 476 g/mol. The molecule has 2 unspecified atom stereocenters. The monoisotopic (exact) mass is 475 g/mol. The minimum absolute atomic E-state index is 0. The van der Waals surface area contributed by atoms with E-state index in [1.165, 1.54) is 0 Å². The third-order valence-corrected chi connectivity index (χ3v) is 7.07. The molecule has 2 atom stereocenters. The molecule has 0 radical (unpaired) electrons. The molecule has 0 saturated carbocycles. The highest BCUT2D eigenvalue weighted by Crippen LogP contribution is 2.42. The number of nitrogens with one attached hydrogen (secondary N) is 2. The molecule has 0 aliphatic carbocycles. The van der Waals surface area contributed by atoms with Gasteiger partial charge in [-0.05, 0) is 62.7 Å². The lowest BCUT2D eigenvalue weighted by Crippen LogP contribution is -2.46. The first kappa shape index (κ1) is 24.8. The number of anilines is 1. The van der Waals surface area contributed by atoms with Crippen molar-refractivity contribution in [2.24, 2.45) is 5.92 Å². The van der Waals surface area contributed by atoms with E-state index in [2.05, 4.69) is 10.0 Å². The number of carbonyl (C=O) groups excluding carboxylic acids is 1. The zero-order valence-corrected chi connectivity index (χ0v) is 20.7. The molecule has 33 heavy (non-hydrogen) atoms. The molecule has 4 rings (SSSR count). The summed E-state index contributed by atoms with van der Waals surface area (Å²) in [4.78, 5) is 14.2. The van der Waals surface area contributed by atoms with Crippen molar-refractivity contribution < 1.29 is 20.8 Å². The highest BCUT2D eigenvalue weighted by molar-refractivity contribution is 7.92.